The summed E-state index contributed by atoms with van der Waals surface area (Å²) in [6.07, 6.45) is 3.44. The van der Waals surface area contributed by atoms with Gasteiger partial charge in [-0.2, -0.15) is 5.26 Å². The highest BCUT2D eigenvalue weighted by Crippen LogP contribution is 2.21. The number of rotatable bonds is 3. The van der Waals surface area contributed by atoms with Crippen LogP contribution in [0.15, 0.2) is 12.3 Å². The van der Waals surface area contributed by atoms with E-state index in [2.05, 4.69) is 15.6 Å². The van der Waals surface area contributed by atoms with Crippen molar-refractivity contribution in [3.05, 3.63) is 23.5 Å². The molecule has 0 aromatic carbocycles. The van der Waals surface area contributed by atoms with Crippen molar-refractivity contribution in [3.8, 4) is 6.07 Å². The normalized spacial score (nSPS) is 19.0. The van der Waals surface area contributed by atoms with E-state index in [1.165, 1.54) is 0 Å². The Kier molecular flexibility index (Phi) is 5.73. The summed E-state index contributed by atoms with van der Waals surface area (Å²) >= 11 is 0. The van der Waals surface area contributed by atoms with E-state index in [0.29, 0.717) is 24.3 Å². The molecule has 1 fully saturated rings. The van der Waals surface area contributed by atoms with Crippen molar-refractivity contribution in [1.29, 1.82) is 5.26 Å². The maximum absolute atomic E-state index is 12.6. The number of H-pyrrole nitrogens is 1. The molecular weight excluding hydrogens is 318 g/mol. The van der Waals surface area contributed by atoms with Gasteiger partial charge >= 0.3 is 6.03 Å². The molecule has 2 atom stereocenters. The molecule has 25 heavy (non-hydrogen) atoms. The molecule has 3 amide bonds. The largest absolute Gasteiger partial charge is 0.352 e. The molecule has 3 N–H and O–H groups in total. The van der Waals surface area contributed by atoms with Crippen LogP contribution in [0.3, 0.4) is 0 Å². The zero-order valence-corrected chi connectivity index (χ0v) is 15.3. The highest BCUT2D eigenvalue weighted by Gasteiger charge is 2.29. The van der Waals surface area contributed by atoms with Crippen molar-refractivity contribution in [2.45, 2.75) is 52.1 Å². The van der Waals surface area contributed by atoms with E-state index in [0.717, 1.165) is 12.8 Å². The minimum Gasteiger partial charge on any atom is -0.352 e. The summed E-state index contributed by atoms with van der Waals surface area (Å²) in [7, 11) is 0. The van der Waals surface area contributed by atoms with E-state index in [-0.39, 0.29) is 29.4 Å². The number of urea groups is 1. The number of nitrogens with zero attached hydrogens (tertiary/aromatic N) is 2. The van der Waals surface area contributed by atoms with E-state index < -0.39 is 0 Å². The van der Waals surface area contributed by atoms with E-state index >= 15 is 0 Å². The van der Waals surface area contributed by atoms with Crippen LogP contribution < -0.4 is 10.6 Å². The third-order valence-electron chi connectivity index (χ3n) is 4.35. The molecule has 7 heteroatoms. The summed E-state index contributed by atoms with van der Waals surface area (Å²) in [5.74, 6) is 0.131. The third kappa shape index (κ3) is 5.24. The van der Waals surface area contributed by atoms with Crippen LogP contribution in [0.25, 0.3) is 0 Å². The monoisotopic (exact) mass is 345 g/mol. The lowest BCUT2D eigenvalue weighted by Gasteiger charge is -2.36. The van der Waals surface area contributed by atoms with Crippen LogP contribution in [0.4, 0.5) is 4.79 Å². The van der Waals surface area contributed by atoms with Gasteiger partial charge in [0.15, 0.2) is 0 Å². The Balaban J connectivity index is 1.94. The van der Waals surface area contributed by atoms with Crippen LogP contribution in [-0.4, -0.2) is 46.5 Å². The first kappa shape index (κ1) is 18.8. The summed E-state index contributed by atoms with van der Waals surface area (Å²) in [5, 5.41) is 14.7. The highest BCUT2D eigenvalue weighted by atomic mass is 16.2. The molecule has 0 unspecified atom stereocenters. The summed E-state index contributed by atoms with van der Waals surface area (Å²) < 4.78 is 0. The first-order chi connectivity index (χ1) is 11.7. The number of carbonyl (C=O) groups is 2. The van der Waals surface area contributed by atoms with E-state index in [9.17, 15) is 9.59 Å². The first-order valence-corrected chi connectivity index (χ1v) is 8.66. The molecule has 1 aromatic heterocycles. The topological polar surface area (TPSA) is 101 Å². The van der Waals surface area contributed by atoms with Gasteiger partial charge in [0.25, 0.3) is 5.91 Å². The molecule has 0 radical (unpaired) electrons. The minimum absolute atomic E-state index is 0.0288. The molecule has 136 valence electrons. The third-order valence-corrected chi connectivity index (χ3v) is 4.35. The molecule has 0 saturated carbocycles. The molecule has 1 saturated heterocycles. The smallest absolute Gasteiger partial charge is 0.315 e. The van der Waals surface area contributed by atoms with Gasteiger partial charge in [-0.15, -0.1) is 0 Å². The van der Waals surface area contributed by atoms with Gasteiger partial charge in [0.2, 0.25) is 0 Å². The number of nitrogens with one attached hydrogen (secondary N) is 3. The van der Waals surface area contributed by atoms with E-state index in [1.54, 1.807) is 17.2 Å². The Morgan fingerprint density at radius 1 is 1.44 bits per heavy atom. The summed E-state index contributed by atoms with van der Waals surface area (Å²) in [4.78, 5) is 29.2. The molecular formula is C18H27N5O2. The molecule has 0 spiro atoms. The minimum atomic E-state index is -0.287. The maximum atomic E-state index is 12.6. The lowest BCUT2D eigenvalue weighted by Crippen LogP contribution is -2.53. The van der Waals surface area contributed by atoms with Crippen molar-refractivity contribution < 1.29 is 9.59 Å². The van der Waals surface area contributed by atoms with Crippen LogP contribution in [-0.2, 0) is 0 Å². The quantitative estimate of drug-likeness (QED) is 0.783. The summed E-state index contributed by atoms with van der Waals surface area (Å²) in [6, 6.07) is 3.35. The van der Waals surface area contributed by atoms with Crippen molar-refractivity contribution in [2.24, 2.45) is 5.92 Å². The lowest BCUT2D eigenvalue weighted by molar-refractivity contribution is 0.0654. The van der Waals surface area contributed by atoms with Crippen LogP contribution in [0, 0.1) is 17.2 Å². The number of aromatic amines is 1. The van der Waals surface area contributed by atoms with Crippen molar-refractivity contribution in [3.63, 3.8) is 0 Å². The van der Waals surface area contributed by atoms with Crippen LogP contribution in [0.5, 0.6) is 0 Å². The number of hydrogen-bond donors (Lipinski definition) is 3. The van der Waals surface area contributed by atoms with Gasteiger partial charge in [0.1, 0.15) is 11.8 Å². The fourth-order valence-corrected chi connectivity index (χ4v) is 3.07. The van der Waals surface area contributed by atoms with Gasteiger partial charge in [-0.1, -0.05) is 0 Å². The second-order valence-electron chi connectivity index (χ2n) is 7.70. The predicted octanol–water partition coefficient (Wildman–Crippen LogP) is 2.22. The van der Waals surface area contributed by atoms with Gasteiger partial charge in [0, 0.05) is 30.9 Å². The van der Waals surface area contributed by atoms with Crippen molar-refractivity contribution >= 4 is 11.9 Å². The van der Waals surface area contributed by atoms with Gasteiger partial charge < -0.3 is 20.5 Å². The molecule has 0 bridgehead atoms. The Hall–Kier alpha value is -2.49. The fourth-order valence-electron chi connectivity index (χ4n) is 3.07. The standard InChI is InChI=1S/C18H27N5O2/c1-12(21-17(25)22-18(2,3)4)13-6-5-7-23(11-13)16(24)14-8-15(9-19)20-10-14/h8,10,12-13,20H,5-7,11H2,1-4H3,(H2,21,22,25)/t12-,13-/m1/s1. The second-order valence-corrected chi connectivity index (χ2v) is 7.70. The lowest BCUT2D eigenvalue weighted by atomic mass is 9.91. The van der Waals surface area contributed by atoms with Gasteiger partial charge in [-0.05, 0) is 52.5 Å². The Morgan fingerprint density at radius 3 is 2.76 bits per heavy atom. The fraction of sp³-hybridized carbons (Fsp3) is 0.611. The second kappa shape index (κ2) is 7.60. The molecule has 1 aromatic rings. The van der Waals surface area contributed by atoms with Crippen LogP contribution in [0.2, 0.25) is 0 Å². The average Bonchev–Trinajstić information content (AvgIpc) is 3.01. The molecule has 2 rings (SSSR count). The van der Waals surface area contributed by atoms with Crippen molar-refractivity contribution in [2.75, 3.05) is 13.1 Å². The summed E-state index contributed by atoms with van der Waals surface area (Å²) in [5.41, 5.74) is 0.597. The van der Waals surface area contributed by atoms with E-state index in [1.807, 2.05) is 33.8 Å². The SMILES string of the molecule is C[C@@H](NC(=O)NC(C)(C)C)[C@@H]1CCCN(C(=O)c2c[nH]c(C#N)c2)C1. The average molecular weight is 345 g/mol. The Morgan fingerprint density at radius 2 is 2.16 bits per heavy atom. The van der Waals surface area contributed by atoms with Gasteiger partial charge in [-0.25, -0.2) is 4.79 Å². The number of piperidine rings is 1. The van der Waals surface area contributed by atoms with Crippen LogP contribution in [0.1, 0.15) is 56.6 Å². The Bertz CT molecular complexity index is 668. The number of likely N-dealkylation sites (tertiary alicyclic amines) is 1. The maximum Gasteiger partial charge on any atom is 0.315 e. The zero-order valence-electron chi connectivity index (χ0n) is 15.3. The van der Waals surface area contributed by atoms with Gasteiger partial charge in [-0.3, -0.25) is 4.79 Å². The zero-order chi connectivity index (χ0) is 18.6. The molecule has 0 aliphatic carbocycles. The predicted molar refractivity (Wildman–Crippen MR) is 95.0 cm³/mol. The van der Waals surface area contributed by atoms with Crippen LogP contribution >= 0.6 is 0 Å². The van der Waals surface area contributed by atoms with E-state index in [4.69, 9.17) is 5.26 Å². The number of aromatic nitrogens is 1. The first-order valence-electron chi connectivity index (χ1n) is 8.66. The number of hydrogen-bond acceptors (Lipinski definition) is 3. The summed E-state index contributed by atoms with van der Waals surface area (Å²) in [6.45, 7) is 9.08. The van der Waals surface area contributed by atoms with Crippen molar-refractivity contribution in [1.82, 2.24) is 20.5 Å². The molecule has 1 aliphatic heterocycles. The molecule has 1 aliphatic rings. The highest BCUT2D eigenvalue weighted by molar-refractivity contribution is 5.94. The Labute approximate surface area is 148 Å². The number of carbonyl (C=O) groups excluding carboxylic acids is 2. The number of amides is 3. The van der Waals surface area contributed by atoms with Gasteiger partial charge in [0.05, 0.1) is 5.56 Å². The number of nitriles is 1. The molecule has 2 heterocycles. The molecule has 7 nitrogen and oxygen atoms in total.